The minimum atomic E-state index is -0.646. The van der Waals surface area contributed by atoms with Crippen molar-refractivity contribution in [1.82, 2.24) is 20.8 Å². The number of hydrogen-bond donors (Lipinski definition) is 4. The molecule has 27 heavy (non-hydrogen) atoms. The van der Waals surface area contributed by atoms with Crippen LogP contribution in [0.5, 0.6) is 0 Å². The van der Waals surface area contributed by atoms with E-state index in [1.54, 1.807) is 24.3 Å². The van der Waals surface area contributed by atoms with Crippen molar-refractivity contribution in [3.05, 3.63) is 74.9 Å². The van der Waals surface area contributed by atoms with Crippen LogP contribution in [0.3, 0.4) is 0 Å². The smallest absolute Gasteiger partial charge is 0.360 e. The molecule has 2 heterocycles. The van der Waals surface area contributed by atoms with Gasteiger partial charge in [-0.2, -0.15) is 5.10 Å². The molecule has 0 spiro atoms. The maximum atomic E-state index is 12.4. The highest BCUT2D eigenvalue weighted by Gasteiger charge is 2.24. The molecule has 1 aliphatic heterocycles. The number of amides is 2. The minimum absolute atomic E-state index is 0.00203. The Morgan fingerprint density at radius 3 is 2.74 bits per heavy atom. The van der Waals surface area contributed by atoms with Crippen LogP contribution in [-0.2, 0) is 0 Å². The molecule has 0 fully saturated rings. The monoisotopic (exact) mass is 450 g/mol. The fourth-order valence-corrected chi connectivity index (χ4v) is 2.79. The van der Waals surface area contributed by atoms with Gasteiger partial charge in [0, 0.05) is 18.5 Å². The molecule has 0 radical (unpaired) electrons. The molecule has 0 bridgehead atoms. The number of halogens is 2. The van der Waals surface area contributed by atoms with Gasteiger partial charge >= 0.3 is 5.91 Å². The number of carbonyl (C=O) groups excluding carboxylic acids is 2. The molecule has 0 unspecified atom stereocenters. The van der Waals surface area contributed by atoms with Crippen molar-refractivity contribution in [3.63, 3.8) is 0 Å². The van der Waals surface area contributed by atoms with Gasteiger partial charge in [-0.15, -0.1) is 0 Å². The van der Waals surface area contributed by atoms with Crippen LogP contribution in [-0.4, -0.2) is 32.6 Å². The number of aromatic nitrogens is 2. The highest BCUT2D eigenvalue weighted by atomic mass is 79.9. The van der Waals surface area contributed by atoms with Crippen LogP contribution in [0.25, 0.3) is 0 Å². The van der Waals surface area contributed by atoms with Crippen molar-refractivity contribution in [1.29, 1.82) is 0 Å². The van der Waals surface area contributed by atoms with E-state index >= 15 is 0 Å². The van der Waals surface area contributed by atoms with Crippen molar-refractivity contribution >= 4 is 51.0 Å². The molecule has 0 atom stereocenters. The van der Waals surface area contributed by atoms with Crippen LogP contribution in [0.15, 0.2) is 53.4 Å². The standard InChI is InChI=1S/C16H12BrClN6O3/c17-12-13(16(26)20-11-5-6-19-7-8-24(11)27)22-23-14(12)21-15(25)9-3-1-2-4-10(9)18/h1-8,19H,(H,20,26)(H2,21,22,23,25). The molecule has 0 saturated carbocycles. The van der Waals surface area contributed by atoms with E-state index in [1.807, 2.05) is 0 Å². The average molecular weight is 452 g/mol. The molecule has 3 rings (SSSR count). The summed E-state index contributed by atoms with van der Waals surface area (Å²) in [4.78, 5) is 24.7. The normalized spacial score (nSPS) is 13.1. The number of hydroxylamine groups is 1. The lowest BCUT2D eigenvalue weighted by Crippen LogP contribution is -2.33. The summed E-state index contributed by atoms with van der Waals surface area (Å²) in [6.07, 6.45) is 5.49. The topological polar surface area (TPSA) is 125 Å². The summed E-state index contributed by atoms with van der Waals surface area (Å²) in [5.74, 6) is -0.947. The lowest BCUT2D eigenvalue weighted by Gasteiger charge is -2.06. The Bertz CT molecular complexity index is 998. The van der Waals surface area contributed by atoms with E-state index in [0.29, 0.717) is 4.74 Å². The van der Waals surface area contributed by atoms with Gasteiger partial charge in [-0.1, -0.05) is 23.7 Å². The Hall–Kier alpha value is -3.11. The molecule has 1 aromatic carbocycles. The van der Waals surface area contributed by atoms with E-state index in [4.69, 9.17) is 11.6 Å². The third kappa shape index (κ3) is 4.18. The van der Waals surface area contributed by atoms with Gasteiger partial charge in [0.15, 0.2) is 5.69 Å². The maximum Gasteiger partial charge on any atom is 0.360 e. The predicted molar refractivity (Wildman–Crippen MR) is 103 cm³/mol. The van der Waals surface area contributed by atoms with Crippen LogP contribution in [0.4, 0.5) is 5.82 Å². The van der Waals surface area contributed by atoms with Gasteiger partial charge in [-0.25, -0.2) is 14.9 Å². The van der Waals surface area contributed by atoms with Gasteiger partial charge in [-0.3, -0.25) is 9.89 Å². The van der Waals surface area contributed by atoms with Crippen LogP contribution >= 0.6 is 27.5 Å². The number of benzene rings is 1. The number of hydrogen-bond acceptors (Lipinski definition) is 5. The molecule has 1 aliphatic rings. The summed E-state index contributed by atoms with van der Waals surface area (Å²) in [6.45, 7) is 0. The lowest BCUT2D eigenvalue weighted by molar-refractivity contribution is -0.379. The van der Waals surface area contributed by atoms with Crippen molar-refractivity contribution < 1.29 is 14.3 Å². The third-order valence-electron chi connectivity index (χ3n) is 3.40. The summed E-state index contributed by atoms with van der Waals surface area (Å²) in [5.41, 5.74) is 0.229. The van der Waals surface area contributed by atoms with Crippen molar-refractivity contribution in [3.8, 4) is 0 Å². The van der Waals surface area contributed by atoms with Crippen molar-refractivity contribution in [2.24, 2.45) is 0 Å². The quantitative estimate of drug-likeness (QED) is 0.421. The van der Waals surface area contributed by atoms with Crippen LogP contribution in [0.1, 0.15) is 20.8 Å². The van der Waals surface area contributed by atoms with Gasteiger partial charge in [0.2, 0.25) is 0 Å². The molecule has 11 heteroatoms. The Kier molecular flexibility index (Phi) is 5.57. The van der Waals surface area contributed by atoms with Crippen LogP contribution < -0.4 is 16.0 Å². The third-order valence-corrected chi connectivity index (χ3v) is 4.50. The Balaban J connectivity index is 1.77. The highest BCUT2D eigenvalue weighted by molar-refractivity contribution is 9.10. The number of nitrogens with one attached hydrogen (secondary N) is 4. The summed E-state index contributed by atoms with van der Waals surface area (Å²) in [6, 6.07) is 6.54. The summed E-state index contributed by atoms with van der Waals surface area (Å²) in [5, 5.41) is 26.2. The zero-order valence-electron chi connectivity index (χ0n) is 13.5. The van der Waals surface area contributed by atoms with E-state index in [0.717, 1.165) is 0 Å². The lowest BCUT2D eigenvalue weighted by atomic mass is 10.2. The van der Waals surface area contributed by atoms with Crippen molar-refractivity contribution in [2.45, 2.75) is 0 Å². The number of nitrogens with zero attached hydrogens (tertiary/aromatic N) is 2. The number of amidine groups is 1. The van der Waals surface area contributed by atoms with E-state index in [2.05, 4.69) is 42.1 Å². The molecule has 138 valence electrons. The largest absolute Gasteiger partial charge is 0.711 e. The zero-order valence-corrected chi connectivity index (χ0v) is 15.8. The molecule has 9 nitrogen and oxygen atoms in total. The van der Waals surface area contributed by atoms with Gasteiger partial charge in [0.25, 0.3) is 11.7 Å². The molecule has 2 aromatic rings. The van der Waals surface area contributed by atoms with E-state index < -0.39 is 11.8 Å². The van der Waals surface area contributed by atoms with Crippen molar-refractivity contribution in [2.75, 3.05) is 5.32 Å². The van der Waals surface area contributed by atoms with Crippen LogP contribution in [0, 0.1) is 5.21 Å². The Morgan fingerprint density at radius 1 is 1.19 bits per heavy atom. The molecular weight excluding hydrogens is 440 g/mol. The van der Waals surface area contributed by atoms with Gasteiger partial charge in [0.1, 0.15) is 12.0 Å². The van der Waals surface area contributed by atoms with Gasteiger partial charge in [0.05, 0.1) is 15.1 Å². The second-order valence-electron chi connectivity index (χ2n) is 5.18. The zero-order chi connectivity index (χ0) is 19.4. The van der Waals surface area contributed by atoms with Gasteiger partial charge in [-0.05, 0) is 28.1 Å². The van der Waals surface area contributed by atoms with Gasteiger partial charge < -0.3 is 15.8 Å². The number of H-pyrrole nitrogens is 1. The number of rotatable bonds is 3. The second kappa shape index (κ2) is 8.06. The molecule has 0 saturated heterocycles. The molecule has 1 aromatic heterocycles. The van der Waals surface area contributed by atoms with E-state index in [-0.39, 0.29) is 32.4 Å². The maximum absolute atomic E-state index is 12.4. The SMILES string of the molecule is O=C(Nc1[nH]nc(C(=O)NC2=[N+]([O-])C=CNC=C2)c1Br)c1ccccc1Cl. The number of carbonyl (C=O) groups is 2. The van der Waals surface area contributed by atoms with E-state index in [1.165, 1.54) is 24.7 Å². The second-order valence-corrected chi connectivity index (χ2v) is 6.38. The predicted octanol–water partition coefficient (Wildman–Crippen LogP) is 2.30. The average Bonchev–Trinajstić information content (AvgIpc) is 2.88. The Labute approximate surface area is 166 Å². The number of aromatic amines is 1. The molecule has 4 N–H and O–H groups in total. The summed E-state index contributed by atoms with van der Waals surface area (Å²) >= 11 is 9.22. The first-order valence-electron chi connectivity index (χ1n) is 7.51. The fraction of sp³-hybridized carbons (Fsp3) is 0. The first-order chi connectivity index (χ1) is 13.0. The van der Waals surface area contributed by atoms with Crippen LogP contribution in [0.2, 0.25) is 5.02 Å². The summed E-state index contributed by atoms with van der Waals surface area (Å²) in [7, 11) is 0. The first-order valence-corrected chi connectivity index (χ1v) is 8.68. The Morgan fingerprint density at radius 2 is 1.96 bits per heavy atom. The molecular formula is C16H12BrClN6O3. The summed E-state index contributed by atoms with van der Waals surface area (Å²) < 4.78 is 0.708. The molecule has 0 aliphatic carbocycles. The number of anilines is 1. The minimum Gasteiger partial charge on any atom is -0.711 e. The first kappa shape index (κ1) is 18.7. The van der Waals surface area contributed by atoms with E-state index in [9.17, 15) is 14.8 Å². The highest BCUT2D eigenvalue weighted by Crippen LogP contribution is 2.25. The fourth-order valence-electron chi connectivity index (χ4n) is 2.11. The molecule has 2 amide bonds.